The van der Waals surface area contributed by atoms with Gasteiger partial charge in [0.15, 0.2) is 5.69 Å². The summed E-state index contributed by atoms with van der Waals surface area (Å²) < 4.78 is 98.7. The van der Waals surface area contributed by atoms with Crippen molar-refractivity contribution in [3.05, 3.63) is 90.3 Å². The number of anilines is 1. The van der Waals surface area contributed by atoms with E-state index in [4.69, 9.17) is 9.47 Å². The Hall–Kier alpha value is -5.19. The number of alkyl halides is 6. The quantitative estimate of drug-likeness (QED) is 0.107. The molecule has 0 bridgehead atoms. The van der Waals surface area contributed by atoms with E-state index in [1.54, 1.807) is 29.1 Å². The summed E-state index contributed by atoms with van der Waals surface area (Å²) in [5, 5.41) is 6.10. The summed E-state index contributed by atoms with van der Waals surface area (Å²) in [6, 6.07) is 8.09. The molecule has 1 atom stereocenters. The van der Waals surface area contributed by atoms with Crippen molar-refractivity contribution in [2.24, 2.45) is 7.05 Å². The van der Waals surface area contributed by atoms with Gasteiger partial charge < -0.3 is 9.47 Å². The molecule has 0 fully saturated rings. The number of allylic oxidation sites excluding steroid dienone is 2. The number of benzene rings is 1. The first kappa shape index (κ1) is 39.3. The van der Waals surface area contributed by atoms with Crippen molar-refractivity contribution in [3.63, 3.8) is 0 Å². The zero-order valence-electron chi connectivity index (χ0n) is 27.6. The highest BCUT2D eigenvalue weighted by Crippen LogP contribution is 2.40. The topological polar surface area (TPSA) is 136 Å². The average Bonchev–Trinajstić information content (AvgIpc) is 3.37. The highest BCUT2D eigenvalue weighted by atomic mass is 19.4. The van der Waals surface area contributed by atoms with Crippen molar-refractivity contribution in [2.75, 3.05) is 5.32 Å². The van der Waals surface area contributed by atoms with Gasteiger partial charge in [-0.3, -0.25) is 30.4 Å². The zero-order valence-corrected chi connectivity index (χ0v) is 27.6. The summed E-state index contributed by atoms with van der Waals surface area (Å²) in [6.07, 6.45) is -8.98. The smallest absolute Gasteiger partial charge is 0.426 e. The number of nitrogens with one attached hydrogen (secondary N) is 3. The number of halogens is 6. The second-order valence-corrected chi connectivity index (χ2v) is 11.9. The van der Waals surface area contributed by atoms with Gasteiger partial charge in [0.2, 0.25) is 5.60 Å². The maximum atomic E-state index is 14.6. The molecule has 1 aromatic carbocycles. The summed E-state index contributed by atoms with van der Waals surface area (Å²) in [6.45, 7) is 10.7. The molecule has 3 N–H and O–H groups in total. The van der Waals surface area contributed by atoms with Gasteiger partial charge in [0.1, 0.15) is 17.0 Å². The molecule has 1 unspecified atom stereocenters. The van der Waals surface area contributed by atoms with Gasteiger partial charge in [0.25, 0.3) is 11.8 Å². The third kappa shape index (κ3) is 9.71. The Bertz CT molecular complexity index is 1720. The molecule has 0 radical (unpaired) electrons. The molecule has 0 saturated heterocycles. The molecule has 3 rings (SSSR count). The third-order valence-corrected chi connectivity index (χ3v) is 6.81. The summed E-state index contributed by atoms with van der Waals surface area (Å²) in [7, 11) is 1.43. The van der Waals surface area contributed by atoms with Crippen molar-refractivity contribution in [2.45, 2.75) is 70.2 Å². The van der Waals surface area contributed by atoms with Gasteiger partial charge in [-0.2, -0.15) is 31.4 Å². The van der Waals surface area contributed by atoms with Crippen LogP contribution < -0.4 is 16.2 Å². The molecule has 2 heterocycles. The van der Waals surface area contributed by atoms with Crippen LogP contribution in [-0.4, -0.2) is 50.1 Å². The molecule has 0 aliphatic rings. The first-order valence-corrected chi connectivity index (χ1v) is 14.9. The maximum Gasteiger partial charge on any atom is 0.426 e. The number of carbonyl (C=O) groups is 3. The lowest BCUT2D eigenvalue weighted by Crippen LogP contribution is -2.61. The molecule has 270 valence electrons. The van der Waals surface area contributed by atoms with Crippen molar-refractivity contribution >= 4 is 23.6 Å². The van der Waals surface area contributed by atoms with E-state index in [1.807, 2.05) is 5.32 Å². The Kier molecular flexibility index (Phi) is 12.2. The molecule has 3 aromatic rings. The van der Waals surface area contributed by atoms with Gasteiger partial charge in [-0.1, -0.05) is 42.5 Å². The Morgan fingerprint density at radius 3 is 2.18 bits per heavy atom. The Morgan fingerprint density at radius 2 is 1.62 bits per heavy atom. The number of aryl methyl sites for hydroxylation is 1. The van der Waals surface area contributed by atoms with Gasteiger partial charge in [-0.05, 0) is 51.7 Å². The molecule has 3 amide bonds. The monoisotopic (exact) mass is 710 g/mol. The first-order valence-electron chi connectivity index (χ1n) is 14.9. The molecule has 0 saturated carbocycles. The standard InChI is InChI=1S/C33H36F6N6O5/c1-7-9-16-31(33(37,38)39,49-19-20-14-11-10-12-15-20)28(47)43-42-27(46)26-23(40-29(48)50-30(3,4)5)17-22(32(34,35)36)25(41-26)24-21(13-8-2)18-45(6)44-24/h7-8,10-12,14-15,17-18H,1-2,9,13,16,19H2,3-6H3,(H,40,48)(H,42,46)(H,43,47). The fourth-order valence-electron chi connectivity index (χ4n) is 4.60. The van der Waals surface area contributed by atoms with Crippen LogP contribution in [0.3, 0.4) is 0 Å². The van der Waals surface area contributed by atoms with Crippen molar-refractivity contribution < 1.29 is 50.2 Å². The highest BCUT2D eigenvalue weighted by Gasteiger charge is 2.61. The minimum Gasteiger partial charge on any atom is -0.444 e. The van der Waals surface area contributed by atoms with Crippen LogP contribution in [0.1, 0.15) is 60.8 Å². The minimum atomic E-state index is -5.32. The van der Waals surface area contributed by atoms with Crippen LogP contribution in [0.15, 0.2) is 67.9 Å². The second-order valence-electron chi connectivity index (χ2n) is 11.9. The molecule has 11 nitrogen and oxygen atoms in total. The Balaban J connectivity index is 2.11. The van der Waals surface area contributed by atoms with Crippen molar-refractivity contribution in [3.8, 4) is 11.4 Å². The van der Waals surface area contributed by atoms with Crippen molar-refractivity contribution in [1.29, 1.82) is 0 Å². The van der Waals surface area contributed by atoms with E-state index in [2.05, 4.69) is 23.2 Å². The number of carbonyl (C=O) groups excluding carboxylic acids is 3. The summed E-state index contributed by atoms with van der Waals surface area (Å²) in [5.41, 5.74) is -4.96. The largest absolute Gasteiger partial charge is 0.444 e. The molecule has 2 aromatic heterocycles. The van der Waals surface area contributed by atoms with Crippen LogP contribution in [0.25, 0.3) is 11.4 Å². The third-order valence-electron chi connectivity index (χ3n) is 6.81. The summed E-state index contributed by atoms with van der Waals surface area (Å²) in [5.74, 6) is -3.34. The van der Waals surface area contributed by atoms with Crippen LogP contribution in [0.5, 0.6) is 0 Å². The second kappa shape index (κ2) is 15.6. The number of hydrazine groups is 1. The summed E-state index contributed by atoms with van der Waals surface area (Å²) in [4.78, 5) is 43.4. The lowest BCUT2D eigenvalue weighted by Gasteiger charge is -2.34. The molecule has 0 aliphatic carbocycles. The van der Waals surface area contributed by atoms with E-state index in [-0.39, 0.29) is 24.1 Å². The summed E-state index contributed by atoms with van der Waals surface area (Å²) >= 11 is 0. The molecule has 0 spiro atoms. The zero-order chi connectivity index (χ0) is 37.5. The fourth-order valence-corrected chi connectivity index (χ4v) is 4.60. The van der Waals surface area contributed by atoms with E-state index < -0.39 is 77.1 Å². The SMILES string of the molecule is C=CCCC(OCc1ccccc1)(C(=O)NNC(=O)c1nc(-c2nn(C)cc2CC=C)c(C(F)(F)F)cc1NC(=O)OC(C)(C)C)C(F)(F)F. The molecule has 17 heteroatoms. The van der Waals surface area contributed by atoms with Crippen LogP contribution in [0.4, 0.5) is 36.8 Å². The molecular weight excluding hydrogens is 674 g/mol. The van der Waals surface area contributed by atoms with Crippen LogP contribution >= 0.6 is 0 Å². The number of nitrogens with zero attached hydrogens (tertiary/aromatic N) is 3. The van der Waals surface area contributed by atoms with Crippen LogP contribution in [0, 0.1) is 0 Å². The first-order chi connectivity index (χ1) is 23.2. The predicted molar refractivity (Wildman–Crippen MR) is 170 cm³/mol. The van der Waals surface area contributed by atoms with Crippen molar-refractivity contribution in [1.82, 2.24) is 25.6 Å². The number of amides is 3. The number of aromatic nitrogens is 3. The van der Waals surface area contributed by atoms with Gasteiger partial charge in [-0.25, -0.2) is 9.78 Å². The lowest BCUT2D eigenvalue weighted by molar-refractivity contribution is -0.273. The van der Waals surface area contributed by atoms with Gasteiger partial charge in [0.05, 0.1) is 17.9 Å². The average molecular weight is 711 g/mol. The van der Waals surface area contributed by atoms with E-state index >= 15 is 0 Å². The normalized spacial score (nSPS) is 13.2. The molecule has 0 aliphatic heterocycles. The van der Waals surface area contributed by atoms with E-state index in [1.165, 1.54) is 56.9 Å². The van der Waals surface area contributed by atoms with Crippen LogP contribution in [-0.2, 0) is 40.5 Å². The van der Waals surface area contributed by atoms with Gasteiger partial charge in [-0.15, -0.1) is 13.2 Å². The number of hydrogen-bond donors (Lipinski definition) is 3. The minimum absolute atomic E-state index is 0.0465. The maximum absolute atomic E-state index is 14.6. The van der Waals surface area contributed by atoms with Gasteiger partial charge in [0, 0.05) is 18.8 Å². The van der Waals surface area contributed by atoms with Crippen LogP contribution in [0.2, 0.25) is 0 Å². The van der Waals surface area contributed by atoms with E-state index in [0.29, 0.717) is 11.6 Å². The van der Waals surface area contributed by atoms with E-state index in [9.17, 15) is 40.7 Å². The predicted octanol–water partition coefficient (Wildman–Crippen LogP) is 6.82. The Labute approximate surface area is 283 Å². The lowest BCUT2D eigenvalue weighted by atomic mass is 9.95. The number of ether oxygens (including phenoxy) is 2. The highest BCUT2D eigenvalue weighted by molar-refractivity contribution is 6.03. The number of pyridine rings is 1. The fraction of sp³-hybridized carbons (Fsp3) is 0.364. The molecular formula is C33H36F6N6O5. The Morgan fingerprint density at radius 1 is 0.960 bits per heavy atom. The molecule has 50 heavy (non-hydrogen) atoms. The van der Waals surface area contributed by atoms with Gasteiger partial charge >= 0.3 is 18.4 Å². The number of hydrogen-bond acceptors (Lipinski definition) is 7. The van der Waals surface area contributed by atoms with E-state index in [0.717, 1.165) is 6.08 Å². The number of rotatable bonds is 12.